The van der Waals surface area contributed by atoms with Gasteiger partial charge in [0.15, 0.2) is 0 Å². The molecule has 1 aliphatic rings. The summed E-state index contributed by atoms with van der Waals surface area (Å²) in [7, 11) is 0. The zero-order valence-electron chi connectivity index (χ0n) is 12.1. The Labute approximate surface area is 130 Å². The van der Waals surface area contributed by atoms with Gasteiger partial charge in [-0.3, -0.25) is 0 Å². The van der Waals surface area contributed by atoms with Crippen LogP contribution in [0, 0.1) is 0 Å². The van der Waals surface area contributed by atoms with Gasteiger partial charge in [-0.25, -0.2) is 0 Å². The van der Waals surface area contributed by atoms with E-state index in [2.05, 4.69) is 59.3 Å². The van der Waals surface area contributed by atoms with E-state index in [-0.39, 0.29) is 0 Å². The summed E-state index contributed by atoms with van der Waals surface area (Å²) in [6.07, 6.45) is 7.69. The molecule has 1 heteroatoms. The Hall–Kier alpha value is -1.08. The molecule has 3 rings (SSSR count). The van der Waals surface area contributed by atoms with Gasteiger partial charge >= 0.3 is 0 Å². The number of rotatable bonds is 5. The standard InChI is InChI=1S/C19H21Br/c1-2-3-4-5-6-14-7-9-18-15(11-14)12-16-13-17(20)8-10-19(16)18/h7-11,13H,2-6,12H2,1H3. The molecule has 0 aromatic heterocycles. The molecule has 0 saturated heterocycles. The van der Waals surface area contributed by atoms with Crippen LogP contribution in [0.3, 0.4) is 0 Å². The zero-order chi connectivity index (χ0) is 13.9. The first-order valence-corrected chi connectivity index (χ1v) is 8.48. The summed E-state index contributed by atoms with van der Waals surface area (Å²) in [5, 5.41) is 0. The van der Waals surface area contributed by atoms with Crippen molar-refractivity contribution in [1.29, 1.82) is 0 Å². The van der Waals surface area contributed by atoms with Crippen molar-refractivity contribution in [3.63, 3.8) is 0 Å². The monoisotopic (exact) mass is 328 g/mol. The van der Waals surface area contributed by atoms with Crippen molar-refractivity contribution < 1.29 is 0 Å². The maximum absolute atomic E-state index is 3.57. The van der Waals surface area contributed by atoms with Gasteiger partial charge in [0.25, 0.3) is 0 Å². The van der Waals surface area contributed by atoms with E-state index in [1.54, 1.807) is 0 Å². The molecular formula is C19H21Br. The quantitative estimate of drug-likeness (QED) is 0.493. The second kappa shape index (κ2) is 6.13. The fourth-order valence-electron chi connectivity index (χ4n) is 3.14. The van der Waals surface area contributed by atoms with Gasteiger partial charge in [0.05, 0.1) is 0 Å². The molecule has 0 N–H and O–H groups in total. The molecule has 104 valence electrons. The Morgan fingerprint density at radius 3 is 2.45 bits per heavy atom. The Bertz CT molecular complexity index is 613. The van der Waals surface area contributed by atoms with E-state index in [0.717, 1.165) is 6.42 Å². The maximum atomic E-state index is 3.57. The summed E-state index contributed by atoms with van der Waals surface area (Å²) < 4.78 is 1.18. The molecule has 0 bridgehead atoms. The Kier molecular flexibility index (Phi) is 4.26. The number of benzene rings is 2. The maximum Gasteiger partial charge on any atom is 0.0178 e. The van der Waals surface area contributed by atoms with E-state index >= 15 is 0 Å². The summed E-state index contributed by atoms with van der Waals surface area (Å²) in [6.45, 7) is 2.27. The van der Waals surface area contributed by atoms with Crippen molar-refractivity contribution in [3.05, 3.63) is 57.6 Å². The minimum Gasteiger partial charge on any atom is -0.0654 e. The second-order valence-electron chi connectivity index (χ2n) is 5.78. The molecule has 0 aliphatic heterocycles. The van der Waals surface area contributed by atoms with E-state index in [9.17, 15) is 0 Å². The molecule has 2 aromatic rings. The highest BCUT2D eigenvalue weighted by atomic mass is 79.9. The summed E-state index contributed by atoms with van der Waals surface area (Å²) in [5.74, 6) is 0. The van der Waals surface area contributed by atoms with Crippen LogP contribution >= 0.6 is 15.9 Å². The average Bonchev–Trinajstić information content (AvgIpc) is 2.80. The summed E-state index contributed by atoms with van der Waals surface area (Å²) in [5.41, 5.74) is 7.32. The number of hydrogen-bond acceptors (Lipinski definition) is 0. The normalized spacial score (nSPS) is 12.3. The fourth-order valence-corrected chi connectivity index (χ4v) is 3.55. The van der Waals surface area contributed by atoms with Crippen molar-refractivity contribution in [2.75, 3.05) is 0 Å². The molecule has 0 unspecified atom stereocenters. The van der Waals surface area contributed by atoms with Crippen molar-refractivity contribution >= 4 is 15.9 Å². The zero-order valence-corrected chi connectivity index (χ0v) is 13.7. The van der Waals surface area contributed by atoms with Gasteiger partial charge in [-0.05, 0) is 59.2 Å². The Morgan fingerprint density at radius 2 is 1.65 bits per heavy atom. The number of hydrogen-bond donors (Lipinski definition) is 0. The van der Waals surface area contributed by atoms with Crippen LogP contribution in [0.5, 0.6) is 0 Å². The largest absolute Gasteiger partial charge is 0.0654 e. The van der Waals surface area contributed by atoms with Crippen LogP contribution in [0.4, 0.5) is 0 Å². The van der Waals surface area contributed by atoms with Crippen LogP contribution in [0.25, 0.3) is 11.1 Å². The highest BCUT2D eigenvalue weighted by Gasteiger charge is 2.18. The van der Waals surface area contributed by atoms with E-state index in [4.69, 9.17) is 0 Å². The van der Waals surface area contributed by atoms with Crippen molar-refractivity contribution in [2.45, 2.75) is 45.4 Å². The third-order valence-corrected chi connectivity index (χ3v) is 4.72. The second-order valence-corrected chi connectivity index (χ2v) is 6.70. The molecule has 20 heavy (non-hydrogen) atoms. The third-order valence-electron chi connectivity index (χ3n) is 4.23. The van der Waals surface area contributed by atoms with Gasteiger partial charge < -0.3 is 0 Å². The highest BCUT2D eigenvalue weighted by Crippen LogP contribution is 2.38. The molecule has 1 aliphatic carbocycles. The SMILES string of the molecule is CCCCCCc1ccc2c(c1)Cc1cc(Br)ccc1-2. The number of fused-ring (bicyclic) bond motifs is 3. The first-order valence-electron chi connectivity index (χ1n) is 7.68. The smallest absolute Gasteiger partial charge is 0.0178 e. The van der Waals surface area contributed by atoms with Gasteiger partial charge in [0.2, 0.25) is 0 Å². The van der Waals surface area contributed by atoms with Gasteiger partial charge in [-0.1, -0.05) is 66.4 Å². The third kappa shape index (κ3) is 2.83. The molecule has 2 aromatic carbocycles. The van der Waals surface area contributed by atoms with Crippen molar-refractivity contribution in [2.24, 2.45) is 0 Å². The fraction of sp³-hybridized carbons (Fsp3) is 0.368. The van der Waals surface area contributed by atoms with Gasteiger partial charge in [-0.2, -0.15) is 0 Å². The molecule has 0 saturated carbocycles. The summed E-state index contributed by atoms with van der Waals surface area (Å²) in [6, 6.07) is 13.7. The van der Waals surface area contributed by atoms with Crippen LogP contribution in [0.2, 0.25) is 0 Å². The van der Waals surface area contributed by atoms with Crippen molar-refractivity contribution in [3.8, 4) is 11.1 Å². The lowest BCUT2D eigenvalue weighted by atomic mass is 10.00. The molecule has 0 spiro atoms. The van der Waals surface area contributed by atoms with E-state index in [1.165, 1.54) is 64.4 Å². The topological polar surface area (TPSA) is 0 Å². The first kappa shape index (κ1) is 13.9. The lowest BCUT2D eigenvalue weighted by Gasteiger charge is -2.05. The Balaban J connectivity index is 1.76. The number of aryl methyl sites for hydroxylation is 1. The average molecular weight is 329 g/mol. The number of halogens is 1. The molecule has 0 nitrogen and oxygen atoms in total. The van der Waals surface area contributed by atoms with E-state index < -0.39 is 0 Å². The minimum atomic E-state index is 1.09. The minimum absolute atomic E-state index is 1.09. The summed E-state index contributed by atoms with van der Waals surface area (Å²) >= 11 is 3.57. The molecule has 0 atom stereocenters. The van der Waals surface area contributed by atoms with Crippen LogP contribution in [-0.4, -0.2) is 0 Å². The van der Waals surface area contributed by atoms with E-state index in [1.807, 2.05) is 0 Å². The molecule has 0 fully saturated rings. The molecule has 0 amide bonds. The predicted molar refractivity (Wildman–Crippen MR) is 90.2 cm³/mol. The van der Waals surface area contributed by atoms with Gasteiger partial charge in [-0.15, -0.1) is 0 Å². The predicted octanol–water partition coefficient (Wildman–Crippen LogP) is 6.14. The number of unbranched alkanes of at least 4 members (excludes halogenated alkanes) is 3. The lowest BCUT2D eigenvalue weighted by Crippen LogP contribution is -1.89. The molecule has 0 radical (unpaired) electrons. The van der Waals surface area contributed by atoms with Gasteiger partial charge in [0, 0.05) is 4.47 Å². The summed E-state index contributed by atoms with van der Waals surface area (Å²) in [4.78, 5) is 0. The van der Waals surface area contributed by atoms with Crippen LogP contribution in [0.15, 0.2) is 40.9 Å². The first-order chi connectivity index (χ1) is 9.78. The van der Waals surface area contributed by atoms with Crippen LogP contribution in [-0.2, 0) is 12.8 Å². The lowest BCUT2D eigenvalue weighted by molar-refractivity contribution is 0.667. The molecular weight excluding hydrogens is 308 g/mol. The van der Waals surface area contributed by atoms with Crippen LogP contribution in [0.1, 0.15) is 49.3 Å². The molecule has 0 heterocycles. The van der Waals surface area contributed by atoms with E-state index in [0.29, 0.717) is 0 Å². The van der Waals surface area contributed by atoms with Crippen LogP contribution < -0.4 is 0 Å². The highest BCUT2D eigenvalue weighted by molar-refractivity contribution is 9.10. The van der Waals surface area contributed by atoms with Gasteiger partial charge in [0.1, 0.15) is 0 Å². The van der Waals surface area contributed by atoms with Crippen molar-refractivity contribution in [1.82, 2.24) is 0 Å². The Morgan fingerprint density at radius 1 is 0.900 bits per heavy atom.